The van der Waals surface area contributed by atoms with Gasteiger partial charge in [-0.3, -0.25) is 9.59 Å². The summed E-state index contributed by atoms with van der Waals surface area (Å²) in [7, 11) is 0. The van der Waals surface area contributed by atoms with E-state index in [1.54, 1.807) is 47.7 Å². The van der Waals surface area contributed by atoms with Gasteiger partial charge in [0.15, 0.2) is 12.4 Å². The van der Waals surface area contributed by atoms with Crippen molar-refractivity contribution in [3.05, 3.63) is 70.8 Å². The Morgan fingerprint density at radius 3 is 2.68 bits per heavy atom. The Morgan fingerprint density at radius 1 is 1.14 bits per heavy atom. The number of furan rings is 1. The van der Waals surface area contributed by atoms with Crippen molar-refractivity contribution in [2.75, 3.05) is 11.9 Å². The number of amides is 2. The molecule has 2 heterocycles. The minimum Gasteiger partial charge on any atom is -0.484 e. The molecule has 0 aliphatic rings. The van der Waals surface area contributed by atoms with Crippen LogP contribution in [0.3, 0.4) is 0 Å². The Kier molecular flexibility index (Phi) is 6.49. The van der Waals surface area contributed by atoms with Crippen molar-refractivity contribution in [2.24, 2.45) is 5.92 Å². The standard InChI is InChI=1S/C21H22N2O4S/c1-14(2)20(18-9-5-11-28-18)23-19(24)13-27-16-7-3-6-15(12-16)22-21(25)17-8-4-10-26-17/h3-12,14,20H,13H2,1-2H3,(H,22,25)(H,23,24). The zero-order valence-electron chi connectivity index (χ0n) is 15.7. The van der Waals surface area contributed by atoms with Gasteiger partial charge in [-0.05, 0) is 41.6 Å². The summed E-state index contributed by atoms with van der Waals surface area (Å²) in [6, 6.07) is 14.0. The Morgan fingerprint density at radius 2 is 2.00 bits per heavy atom. The van der Waals surface area contributed by atoms with E-state index in [0.717, 1.165) is 4.88 Å². The van der Waals surface area contributed by atoms with Crippen LogP contribution in [0.25, 0.3) is 0 Å². The van der Waals surface area contributed by atoms with E-state index in [9.17, 15) is 9.59 Å². The van der Waals surface area contributed by atoms with Gasteiger partial charge >= 0.3 is 0 Å². The number of carbonyl (C=O) groups is 2. The van der Waals surface area contributed by atoms with Gasteiger partial charge in [0.2, 0.25) is 0 Å². The first-order valence-corrected chi connectivity index (χ1v) is 9.81. The first-order valence-electron chi connectivity index (χ1n) is 8.93. The number of nitrogens with one attached hydrogen (secondary N) is 2. The van der Waals surface area contributed by atoms with Gasteiger partial charge in [0.1, 0.15) is 5.75 Å². The van der Waals surface area contributed by atoms with Crippen LogP contribution in [0.1, 0.15) is 35.3 Å². The summed E-state index contributed by atoms with van der Waals surface area (Å²) in [4.78, 5) is 25.5. The molecule has 146 valence electrons. The molecular weight excluding hydrogens is 376 g/mol. The van der Waals surface area contributed by atoms with Gasteiger partial charge in [0.25, 0.3) is 11.8 Å². The lowest BCUT2D eigenvalue weighted by Crippen LogP contribution is -2.34. The molecule has 3 aromatic rings. The van der Waals surface area contributed by atoms with Crippen LogP contribution in [-0.2, 0) is 4.79 Å². The number of rotatable bonds is 8. The molecule has 28 heavy (non-hydrogen) atoms. The highest BCUT2D eigenvalue weighted by molar-refractivity contribution is 7.10. The molecule has 1 atom stereocenters. The van der Waals surface area contributed by atoms with Gasteiger partial charge in [-0.15, -0.1) is 11.3 Å². The van der Waals surface area contributed by atoms with Crippen LogP contribution in [0.5, 0.6) is 5.75 Å². The Bertz CT molecular complexity index is 904. The molecule has 3 rings (SSSR count). The SMILES string of the molecule is CC(C)C(NC(=O)COc1cccc(NC(=O)c2ccco2)c1)c1cccs1. The summed E-state index contributed by atoms with van der Waals surface area (Å²) in [5, 5.41) is 7.74. The fourth-order valence-electron chi connectivity index (χ4n) is 2.66. The molecular formula is C21H22N2O4S. The summed E-state index contributed by atoms with van der Waals surface area (Å²) in [6.45, 7) is 4.03. The normalized spacial score (nSPS) is 11.8. The van der Waals surface area contributed by atoms with E-state index in [4.69, 9.17) is 9.15 Å². The first kappa shape index (κ1) is 19.7. The van der Waals surface area contributed by atoms with Gasteiger partial charge in [0, 0.05) is 16.6 Å². The van der Waals surface area contributed by atoms with Crippen molar-refractivity contribution < 1.29 is 18.7 Å². The predicted octanol–water partition coefficient (Wildman–Crippen LogP) is 4.49. The van der Waals surface area contributed by atoms with E-state index >= 15 is 0 Å². The Labute approximate surface area is 167 Å². The minimum atomic E-state index is -0.351. The van der Waals surface area contributed by atoms with Crippen LogP contribution in [0.2, 0.25) is 0 Å². The molecule has 0 radical (unpaired) electrons. The number of ether oxygens (including phenoxy) is 1. The van der Waals surface area contributed by atoms with Crippen molar-refractivity contribution in [3.8, 4) is 5.75 Å². The highest BCUT2D eigenvalue weighted by Crippen LogP contribution is 2.25. The molecule has 0 saturated heterocycles. The minimum absolute atomic E-state index is 0.0463. The molecule has 0 spiro atoms. The summed E-state index contributed by atoms with van der Waals surface area (Å²) < 4.78 is 10.7. The Balaban J connectivity index is 1.55. The molecule has 2 amide bonds. The number of hydrogen-bond acceptors (Lipinski definition) is 5. The molecule has 0 bridgehead atoms. The summed E-state index contributed by atoms with van der Waals surface area (Å²) in [6.07, 6.45) is 1.44. The van der Waals surface area contributed by atoms with E-state index in [0.29, 0.717) is 11.4 Å². The maximum Gasteiger partial charge on any atom is 0.291 e. The third kappa shape index (κ3) is 5.23. The maximum absolute atomic E-state index is 12.3. The molecule has 7 heteroatoms. The van der Waals surface area contributed by atoms with E-state index in [2.05, 4.69) is 24.5 Å². The van der Waals surface area contributed by atoms with E-state index in [1.807, 2.05) is 17.5 Å². The van der Waals surface area contributed by atoms with Crippen molar-refractivity contribution >= 4 is 28.8 Å². The quantitative estimate of drug-likeness (QED) is 0.586. The molecule has 0 aliphatic carbocycles. The fraction of sp³-hybridized carbons (Fsp3) is 0.238. The second kappa shape index (κ2) is 9.23. The smallest absolute Gasteiger partial charge is 0.291 e. The third-order valence-electron chi connectivity index (χ3n) is 4.04. The molecule has 0 fully saturated rings. The number of thiophene rings is 1. The van der Waals surface area contributed by atoms with Crippen molar-refractivity contribution in [2.45, 2.75) is 19.9 Å². The average molecular weight is 398 g/mol. The lowest BCUT2D eigenvalue weighted by Gasteiger charge is -2.21. The average Bonchev–Trinajstić information content (AvgIpc) is 3.38. The van der Waals surface area contributed by atoms with Gasteiger partial charge in [-0.2, -0.15) is 0 Å². The van der Waals surface area contributed by atoms with E-state index in [1.165, 1.54) is 6.26 Å². The number of anilines is 1. The summed E-state index contributed by atoms with van der Waals surface area (Å²) >= 11 is 1.62. The van der Waals surface area contributed by atoms with Crippen molar-refractivity contribution in [1.29, 1.82) is 0 Å². The number of benzene rings is 1. The van der Waals surface area contributed by atoms with E-state index < -0.39 is 0 Å². The largest absolute Gasteiger partial charge is 0.484 e. The lowest BCUT2D eigenvalue weighted by molar-refractivity contribution is -0.124. The highest BCUT2D eigenvalue weighted by Gasteiger charge is 2.19. The molecule has 0 saturated carbocycles. The molecule has 6 nitrogen and oxygen atoms in total. The summed E-state index contributed by atoms with van der Waals surface area (Å²) in [5.74, 6) is 0.430. The van der Waals surface area contributed by atoms with Crippen LogP contribution in [-0.4, -0.2) is 18.4 Å². The van der Waals surface area contributed by atoms with Crippen LogP contribution < -0.4 is 15.4 Å². The predicted molar refractivity (Wildman–Crippen MR) is 109 cm³/mol. The lowest BCUT2D eigenvalue weighted by atomic mass is 10.0. The van der Waals surface area contributed by atoms with Crippen molar-refractivity contribution in [3.63, 3.8) is 0 Å². The zero-order chi connectivity index (χ0) is 19.9. The van der Waals surface area contributed by atoms with Crippen LogP contribution in [0.15, 0.2) is 64.6 Å². The second-order valence-corrected chi connectivity index (χ2v) is 7.53. The monoisotopic (exact) mass is 398 g/mol. The number of hydrogen-bond donors (Lipinski definition) is 2. The summed E-state index contributed by atoms with van der Waals surface area (Å²) in [5.41, 5.74) is 0.554. The molecule has 2 N–H and O–H groups in total. The van der Waals surface area contributed by atoms with E-state index in [-0.39, 0.29) is 36.1 Å². The van der Waals surface area contributed by atoms with Gasteiger partial charge in [-0.25, -0.2) is 0 Å². The topological polar surface area (TPSA) is 80.6 Å². The van der Waals surface area contributed by atoms with Crippen molar-refractivity contribution in [1.82, 2.24) is 5.32 Å². The van der Waals surface area contributed by atoms with Crippen LogP contribution in [0.4, 0.5) is 5.69 Å². The van der Waals surface area contributed by atoms with Gasteiger partial charge in [-0.1, -0.05) is 26.0 Å². The van der Waals surface area contributed by atoms with Gasteiger partial charge in [0.05, 0.1) is 12.3 Å². The molecule has 1 aromatic carbocycles. The molecule has 0 aliphatic heterocycles. The highest BCUT2D eigenvalue weighted by atomic mass is 32.1. The zero-order valence-corrected chi connectivity index (χ0v) is 16.5. The molecule has 2 aromatic heterocycles. The van der Waals surface area contributed by atoms with Crippen LogP contribution in [0, 0.1) is 5.92 Å². The Hall–Kier alpha value is -3.06. The third-order valence-corrected chi connectivity index (χ3v) is 5.00. The maximum atomic E-state index is 12.3. The second-order valence-electron chi connectivity index (χ2n) is 6.55. The fourth-order valence-corrected chi connectivity index (χ4v) is 3.61. The molecule has 1 unspecified atom stereocenters. The van der Waals surface area contributed by atoms with Gasteiger partial charge < -0.3 is 19.8 Å². The van der Waals surface area contributed by atoms with Crippen LogP contribution >= 0.6 is 11.3 Å². The number of carbonyl (C=O) groups excluding carboxylic acids is 2. The first-order chi connectivity index (χ1) is 13.5.